The number of amides is 1. The van der Waals surface area contributed by atoms with Gasteiger partial charge in [-0.2, -0.15) is 5.10 Å². The van der Waals surface area contributed by atoms with Crippen LogP contribution in [-0.4, -0.2) is 34.9 Å². The molecule has 1 atom stereocenters. The summed E-state index contributed by atoms with van der Waals surface area (Å²) in [5.41, 5.74) is 3.59. The van der Waals surface area contributed by atoms with E-state index < -0.39 is 0 Å². The summed E-state index contributed by atoms with van der Waals surface area (Å²) in [6, 6.07) is 5.87. The van der Waals surface area contributed by atoms with E-state index in [-0.39, 0.29) is 18.6 Å². The van der Waals surface area contributed by atoms with Crippen LogP contribution in [0.4, 0.5) is 5.69 Å². The van der Waals surface area contributed by atoms with Gasteiger partial charge in [0.05, 0.1) is 17.9 Å². The van der Waals surface area contributed by atoms with Crippen LogP contribution in [0.5, 0.6) is 11.5 Å². The van der Waals surface area contributed by atoms with Gasteiger partial charge in [0.15, 0.2) is 12.4 Å². The first-order valence-electron chi connectivity index (χ1n) is 8.07. The summed E-state index contributed by atoms with van der Waals surface area (Å²) in [6.45, 7) is 8.26. The molecule has 128 valence electrons. The fourth-order valence-electron chi connectivity index (χ4n) is 2.96. The normalized spacial score (nSPS) is 16.5. The molecule has 6 heteroatoms. The van der Waals surface area contributed by atoms with Gasteiger partial charge in [-0.1, -0.05) is 6.07 Å². The van der Waals surface area contributed by atoms with Gasteiger partial charge >= 0.3 is 0 Å². The van der Waals surface area contributed by atoms with Gasteiger partial charge in [0.25, 0.3) is 5.91 Å². The Morgan fingerprint density at radius 2 is 2.12 bits per heavy atom. The predicted octanol–water partition coefficient (Wildman–Crippen LogP) is 2.54. The molecule has 0 spiro atoms. The van der Waals surface area contributed by atoms with Gasteiger partial charge in [-0.25, -0.2) is 0 Å². The third kappa shape index (κ3) is 2.96. The van der Waals surface area contributed by atoms with Crippen molar-refractivity contribution < 1.29 is 14.3 Å². The van der Waals surface area contributed by atoms with Gasteiger partial charge in [0.1, 0.15) is 17.5 Å². The van der Waals surface area contributed by atoms with Crippen molar-refractivity contribution in [3.8, 4) is 11.5 Å². The number of nitrogens with zero attached hydrogens (tertiary/aromatic N) is 3. The standard InChI is InChI=1S/C18H23N3O3/c1-11-6-7-16-15(8-11)21(9-12(2)24-16)17(22)10-23-18-13(3)19-20(5)14(18)4/h6-8,12H,9-10H2,1-5H3. The Hall–Kier alpha value is -2.50. The molecule has 0 saturated heterocycles. The summed E-state index contributed by atoms with van der Waals surface area (Å²) >= 11 is 0. The van der Waals surface area contributed by atoms with Gasteiger partial charge in [0.2, 0.25) is 0 Å². The molecule has 1 aliphatic heterocycles. The number of carbonyl (C=O) groups is 1. The van der Waals surface area contributed by atoms with Crippen molar-refractivity contribution in [1.82, 2.24) is 9.78 Å². The number of rotatable bonds is 3. The molecule has 0 fully saturated rings. The van der Waals surface area contributed by atoms with E-state index in [0.29, 0.717) is 12.3 Å². The van der Waals surface area contributed by atoms with Crippen LogP contribution in [0, 0.1) is 20.8 Å². The van der Waals surface area contributed by atoms with Crippen LogP contribution >= 0.6 is 0 Å². The molecule has 0 bridgehead atoms. The van der Waals surface area contributed by atoms with E-state index in [1.807, 2.05) is 52.9 Å². The molecular weight excluding hydrogens is 306 g/mol. The summed E-state index contributed by atoms with van der Waals surface area (Å²) in [4.78, 5) is 14.5. The maximum absolute atomic E-state index is 12.7. The minimum absolute atomic E-state index is 0.0204. The largest absolute Gasteiger partial charge is 0.487 e. The van der Waals surface area contributed by atoms with E-state index in [9.17, 15) is 4.79 Å². The summed E-state index contributed by atoms with van der Waals surface area (Å²) < 4.78 is 13.3. The van der Waals surface area contributed by atoms with Crippen LogP contribution in [0.2, 0.25) is 0 Å². The predicted molar refractivity (Wildman–Crippen MR) is 91.8 cm³/mol. The van der Waals surface area contributed by atoms with Crippen LogP contribution in [0.25, 0.3) is 0 Å². The second-order valence-electron chi connectivity index (χ2n) is 6.32. The lowest BCUT2D eigenvalue weighted by Crippen LogP contribution is -2.44. The minimum atomic E-state index is -0.0837. The molecule has 1 aliphatic rings. The van der Waals surface area contributed by atoms with Crippen LogP contribution in [0.15, 0.2) is 18.2 Å². The second-order valence-corrected chi connectivity index (χ2v) is 6.32. The highest BCUT2D eigenvalue weighted by Crippen LogP contribution is 2.34. The average Bonchev–Trinajstić information content (AvgIpc) is 2.77. The highest BCUT2D eigenvalue weighted by molar-refractivity contribution is 5.96. The number of benzene rings is 1. The topological polar surface area (TPSA) is 56.6 Å². The summed E-state index contributed by atoms with van der Waals surface area (Å²) in [6.07, 6.45) is -0.0500. The lowest BCUT2D eigenvalue weighted by atomic mass is 10.1. The van der Waals surface area contributed by atoms with Crippen LogP contribution < -0.4 is 14.4 Å². The number of aryl methyl sites for hydroxylation is 3. The summed E-state index contributed by atoms with van der Waals surface area (Å²) in [7, 11) is 1.86. The Bertz CT molecular complexity index is 782. The lowest BCUT2D eigenvalue weighted by molar-refractivity contribution is -0.121. The molecule has 0 saturated carbocycles. The van der Waals surface area contributed by atoms with Gasteiger partial charge in [-0.3, -0.25) is 9.48 Å². The second kappa shape index (κ2) is 6.19. The molecule has 6 nitrogen and oxygen atoms in total. The van der Waals surface area contributed by atoms with Crippen LogP contribution in [0.1, 0.15) is 23.9 Å². The van der Waals surface area contributed by atoms with Crippen molar-refractivity contribution in [2.75, 3.05) is 18.1 Å². The number of anilines is 1. The molecule has 1 amide bonds. The third-order valence-electron chi connectivity index (χ3n) is 4.26. The molecule has 2 heterocycles. The summed E-state index contributed by atoms with van der Waals surface area (Å²) in [5, 5.41) is 4.31. The molecule has 2 aromatic rings. The van der Waals surface area contributed by atoms with Crippen LogP contribution in [-0.2, 0) is 11.8 Å². The number of fused-ring (bicyclic) bond motifs is 1. The Balaban J connectivity index is 1.79. The summed E-state index contributed by atoms with van der Waals surface area (Å²) in [5.74, 6) is 1.33. The minimum Gasteiger partial charge on any atom is -0.487 e. The highest BCUT2D eigenvalue weighted by atomic mass is 16.5. The fraction of sp³-hybridized carbons (Fsp3) is 0.444. The van der Waals surface area contributed by atoms with Crippen molar-refractivity contribution in [2.24, 2.45) is 7.05 Å². The SMILES string of the molecule is Cc1ccc2c(c1)N(C(=O)COc1c(C)nn(C)c1C)CC(C)O2. The maximum Gasteiger partial charge on any atom is 0.265 e. The molecule has 1 unspecified atom stereocenters. The van der Waals surface area contributed by atoms with Crippen molar-refractivity contribution in [3.63, 3.8) is 0 Å². The Kier molecular flexibility index (Phi) is 4.22. The monoisotopic (exact) mass is 329 g/mol. The van der Waals surface area contributed by atoms with E-state index in [1.165, 1.54) is 0 Å². The molecule has 3 rings (SSSR count). The van der Waals surface area contributed by atoms with Crippen LogP contribution in [0.3, 0.4) is 0 Å². The molecule has 0 N–H and O–H groups in total. The number of carbonyl (C=O) groups excluding carboxylic acids is 1. The Labute approximate surface area is 142 Å². The first kappa shape index (κ1) is 16.4. The third-order valence-corrected chi connectivity index (χ3v) is 4.26. The zero-order valence-electron chi connectivity index (χ0n) is 14.8. The van der Waals surface area contributed by atoms with E-state index in [0.717, 1.165) is 28.4 Å². The van der Waals surface area contributed by atoms with E-state index in [4.69, 9.17) is 9.47 Å². The van der Waals surface area contributed by atoms with Crippen molar-refractivity contribution >= 4 is 11.6 Å². The number of aromatic nitrogens is 2. The van der Waals surface area contributed by atoms with Crippen molar-refractivity contribution in [2.45, 2.75) is 33.8 Å². The number of ether oxygens (including phenoxy) is 2. The highest BCUT2D eigenvalue weighted by Gasteiger charge is 2.28. The smallest absolute Gasteiger partial charge is 0.265 e. The molecule has 0 radical (unpaired) electrons. The lowest BCUT2D eigenvalue weighted by Gasteiger charge is -2.33. The van der Waals surface area contributed by atoms with Gasteiger partial charge in [-0.15, -0.1) is 0 Å². The molecule has 1 aromatic heterocycles. The molecular formula is C18H23N3O3. The first-order chi connectivity index (χ1) is 11.4. The van der Waals surface area contributed by atoms with E-state index in [1.54, 1.807) is 9.58 Å². The van der Waals surface area contributed by atoms with Crippen molar-refractivity contribution in [3.05, 3.63) is 35.2 Å². The molecule has 0 aliphatic carbocycles. The quantitative estimate of drug-likeness (QED) is 0.868. The fourth-order valence-corrected chi connectivity index (χ4v) is 2.96. The van der Waals surface area contributed by atoms with E-state index in [2.05, 4.69) is 5.10 Å². The van der Waals surface area contributed by atoms with Crippen molar-refractivity contribution in [1.29, 1.82) is 0 Å². The van der Waals surface area contributed by atoms with E-state index >= 15 is 0 Å². The molecule has 24 heavy (non-hydrogen) atoms. The van der Waals surface area contributed by atoms with Gasteiger partial charge in [-0.05, 0) is 45.4 Å². The number of hydrogen-bond acceptors (Lipinski definition) is 4. The Morgan fingerprint density at radius 1 is 1.38 bits per heavy atom. The zero-order valence-corrected chi connectivity index (χ0v) is 14.8. The average molecular weight is 329 g/mol. The maximum atomic E-state index is 12.7. The first-order valence-corrected chi connectivity index (χ1v) is 8.07. The Morgan fingerprint density at radius 3 is 2.79 bits per heavy atom. The van der Waals surface area contributed by atoms with Gasteiger partial charge < -0.3 is 14.4 Å². The van der Waals surface area contributed by atoms with Gasteiger partial charge in [0, 0.05) is 7.05 Å². The molecule has 1 aromatic carbocycles. The number of hydrogen-bond donors (Lipinski definition) is 0. The zero-order chi connectivity index (χ0) is 17.4.